The van der Waals surface area contributed by atoms with E-state index in [1.165, 1.54) is 0 Å². The highest BCUT2D eigenvalue weighted by Crippen LogP contribution is 2.27. The van der Waals surface area contributed by atoms with E-state index < -0.39 is 18.3 Å². The Balaban J connectivity index is 2.34. The molecule has 24 heavy (non-hydrogen) atoms. The van der Waals surface area contributed by atoms with Gasteiger partial charge in [0.05, 0.1) is 6.10 Å². The summed E-state index contributed by atoms with van der Waals surface area (Å²) in [7, 11) is 0. The second kappa shape index (κ2) is 7.33. The molecular formula is C15H22F3N5O. The number of alkyl halides is 3. The highest BCUT2D eigenvalue weighted by atomic mass is 19.4. The minimum atomic E-state index is -4.40. The molecule has 0 bridgehead atoms. The van der Waals surface area contributed by atoms with E-state index in [2.05, 4.69) is 25.6 Å². The molecule has 2 rings (SSSR count). The van der Waals surface area contributed by atoms with E-state index >= 15 is 0 Å². The maximum atomic E-state index is 12.8. The van der Waals surface area contributed by atoms with E-state index in [4.69, 9.17) is 0 Å². The number of aliphatic hydroxyl groups excluding tert-OH is 1. The van der Waals surface area contributed by atoms with Crippen LogP contribution in [-0.4, -0.2) is 44.4 Å². The molecule has 0 spiro atoms. The van der Waals surface area contributed by atoms with Crippen LogP contribution in [0.15, 0.2) is 6.08 Å². The Kier molecular flexibility index (Phi) is 5.63. The van der Waals surface area contributed by atoms with Crippen LogP contribution < -0.4 is 10.6 Å². The van der Waals surface area contributed by atoms with Crippen molar-refractivity contribution in [1.29, 1.82) is 0 Å². The molecule has 0 amide bonds. The molecule has 0 unspecified atom stereocenters. The number of allylic oxidation sites excluding steroid dienone is 1. The lowest BCUT2D eigenvalue weighted by Crippen LogP contribution is -2.34. The first-order valence-corrected chi connectivity index (χ1v) is 7.90. The fraction of sp³-hybridized carbons (Fsp3) is 0.667. The molecule has 1 aromatic rings. The predicted octanol–water partition coefficient (Wildman–Crippen LogP) is 2.98. The van der Waals surface area contributed by atoms with Gasteiger partial charge in [-0.05, 0) is 51.7 Å². The second-order valence-corrected chi connectivity index (χ2v) is 6.16. The van der Waals surface area contributed by atoms with E-state index in [0.717, 1.165) is 13.3 Å². The highest BCUT2D eigenvalue weighted by Gasteiger charge is 2.36. The van der Waals surface area contributed by atoms with Gasteiger partial charge in [-0.3, -0.25) is 0 Å². The van der Waals surface area contributed by atoms with E-state index in [-0.39, 0.29) is 23.8 Å². The lowest BCUT2D eigenvalue weighted by Gasteiger charge is -2.20. The Morgan fingerprint density at radius 2 is 1.75 bits per heavy atom. The summed E-state index contributed by atoms with van der Waals surface area (Å²) < 4.78 is 38.3. The summed E-state index contributed by atoms with van der Waals surface area (Å²) in [5, 5.41) is 15.0. The molecule has 0 saturated carbocycles. The first kappa shape index (κ1) is 18.4. The predicted molar refractivity (Wildman–Crippen MR) is 85.6 cm³/mol. The molecule has 0 aliphatic heterocycles. The fourth-order valence-corrected chi connectivity index (χ4v) is 2.27. The van der Waals surface area contributed by atoms with Crippen LogP contribution in [0.4, 0.5) is 25.1 Å². The van der Waals surface area contributed by atoms with Gasteiger partial charge in [0.2, 0.25) is 11.9 Å². The molecular weight excluding hydrogens is 323 g/mol. The van der Waals surface area contributed by atoms with Gasteiger partial charge >= 0.3 is 6.18 Å². The largest absolute Gasteiger partial charge is 0.408 e. The quantitative estimate of drug-likeness (QED) is 0.761. The number of rotatable bonds is 5. The zero-order chi connectivity index (χ0) is 17.9. The van der Waals surface area contributed by atoms with Crippen LogP contribution in [0.3, 0.4) is 0 Å². The summed E-state index contributed by atoms with van der Waals surface area (Å²) >= 11 is 0. The van der Waals surface area contributed by atoms with Crippen molar-refractivity contribution in [2.75, 3.05) is 10.6 Å². The SMILES string of the molecule is CC(C)Nc1nc(N[C@@H](C)C(F)(F)F)nc(C2=C[C@@H](O)CCC2)n1. The number of hydrogen-bond donors (Lipinski definition) is 3. The normalized spacial score (nSPS) is 19.8. The van der Waals surface area contributed by atoms with Crippen LogP contribution in [0, 0.1) is 0 Å². The van der Waals surface area contributed by atoms with E-state index in [1.807, 2.05) is 13.8 Å². The molecule has 9 heteroatoms. The van der Waals surface area contributed by atoms with Gasteiger partial charge in [0.15, 0.2) is 5.82 Å². The standard InChI is InChI=1S/C15H22F3N5O/c1-8(2)19-13-21-12(10-5-4-6-11(24)7-10)22-14(23-13)20-9(3)15(16,17)18/h7-9,11,24H,4-6H2,1-3H3,(H2,19,20,21,22,23)/t9-,11-/m0/s1. The monoisotopic (exact) mass is 345 g/mol. The number of hydrogen-bond acceptors (Lipinski definition) is 6. The van der Waals surface area contributed by atoms with Gasteiger partial charge < -0.3 is 15.7 Å². The molecule has 2 atom stereocenters. The first-order chi connectivity index (χ1) is 11.1. The van der Waals surface area contributed by atoms with E-state index in [9.17, 15) is 18.3 Å². The van der Waals surface area contributed by atoms with Crippen LogP contribution in [0.25, 0.3) is 5.57 Å². The average Bonchev–Trinajstić information content (AvgIpc) is 2.45. The van der Waals surface area contributed by atoms with E-state index in [1.54, 1.807) is 6.08 Å². The third-order valence-electron chi connectivity index (χ3n) is 3.52. The Hall–Kier alpha value is -1.90. The van der Waals surface area contributed by atoms with Gasteiger partial charge in [-0.2, -0.15) is 28.1 Å². The summed E-state index contributed by atoms with van der Waals surface area (Å²) in [5.41, 5.74) is 0.714. The Morgan fingerprint density at radius 1 is 1.12 bits per heavy atom. The summed E-state index contributed by atoms with van der Waals surface area (Å²) in [6, 6.07) is -1.77. The summed E-state index contributed by atoms with van der Waals surface area (Å²) in [4.78, 5) is 12.4. The lowest BCUT2D eigenvalue weighted by atomic mass is 9.97. The highest BCUT2D eigenvalue weighted by molar-refractivity contribution is 5.63. The molecule has 0 saturated heterocycles. The molecule has 0 fully saturated rings. The van der Waals surface area contributed by atoms with Gasteiger partial charge in [-0.15, -0.1) is 0 Å². The summed E-state index contributed by atoms with van der Waals surface area (Å²) in [6.07, 6.45) is -1.25. The van der Waals surface area contributed by atoms with Crippen LogP contribution in [-0.2, 0) is 0 Å². The average molecular weight is 345 g/mol. The molecule has 1 heterocycles. The fourth-order valence-electron chi connectivity index (χ4n) is 2.27. The van der Waals surface area contributed by atoms with Crippen LogP contribution in [0.1, 0.15) is 45.9 Å². The van der Waals surface area contributed by atoms with E-state index in [0.29, 0.717) is 18.4 Å². The molecule has 1 aliphatic rings. The zero-order valence-electron chi connectivity index (χ0n) is 13.9. The molecule has 134 valence electrons. The maximum absolute atomic E-state index is 12.8. The van der Waals surface area contributed by atoms with Crippen molar-refractivity contribution in [3.05, 3.63) is 11.9 Å². The van der Waals surface area contributed by atoms with Crippen molar-refractivity contribution in [1.82, 2.24) is 15.0 Å². The van der Waals surface area contributed by atoms with Crippen LogP contribution in [0.2, 0.25) is 0 Å². The van der Waals surface area contributed by atoms with Crippen molar-refractivity contribution >= 4 is 17.5 Å². The Morgan fingerprint density at radius 3 is 2.29 bits per heavy atom. The molecule has 6 nitrogen and oxygen atoms in total. The number of nitrogens with one attached hydrogen (secondary N) is 2. The van der Waals surface area contributed by atoms with Crippen molar-refractivity contribution in [2.45, 2.75) is 64.4 Å². The van der Waals surface area contributed by atoms with Crippen molar-refractivity contribution < 1.29 is 18.3 Å². The number of aliphatic hydroxyl groups is 1. The number of anilines is 2. The minimum absolute atomic E-state index is 0.0130. The molecule has 1 aromatic heterocycles. The molecule has 3 N–H and O–H groups in total. The molecule has 0 aromatic carbocycles. The van der Waals surface area contributed by atoms with Gasteiger partial charge in [0.1, 0.15) is 6.04 Å². The first-order valence-electron chi connectivity index (χ1n) is 7.90. The summed E-state index contributed by atoms with van der Waals surface area (Å²) in [6.45, 7) is 4.75. The zero-order valence-corrected chi connectivity index (χ0v) is 13.9. The smallest absolute Gasteiger partial charge is 0.389 e. The van der Waals surface area contributed by atoms with Crippen LogP contribution in [0.5, 0.6) is 0 Å². The number of halogens is 3. The Labute approximate surface area is 138 Å². The second-order valence-electron chi connectivity index (χ2n) is 6.16. The van der Waals surface area contributed by atoms with Crippen molar-refractivity contribution in [3.63, 3.8) is 0 Å². The lowest BCUT2D eigenvalue weighted by molar-refractivity contribution is -0.138. The van der Waals surface area contributed by atoms with Gasteiger partial charge in [0.25, 0.3) is 0 Å². The minimum Gasteiger partial charge on any atom is -0.389 e. The van der Waals surface area contributed by atoms with Crippen molar-refractivity contribution in [3.8, 4) is 0 Å². The topological polar surface area (TPSA) is 83.0 Å². The molecule has 1 aliphatic carbocycles. The maximum Gasteiger partial charge on any atom is 0.408 e. The number of aromatic nitrogens is 3. The third kappa shape index (κ3) is 5.05. The van der Waals surface area contributed by atoms with Gasteiger partial charge in [0, 0.05) is 6.04 Å². The van der Waals surface area contributed by atoms with Gasteiger partial charge in [-0.1, -0.05) is 0 Å². The summed E-state index contributed by atoms with van der Waals surface area (Å²) in [5.74, 6) is 0.338. The third-order valence-corrected chi connectivity index (χ3v) is 3.52. The Bertz CT molecular complexity index is 603. The number of nitrogens with zero attached hydrogens (tertiary/aromatic N) is 3. The molecule has 0 radical (unpaired) electrons. The van der Waals surface area contributed by atoms with Crippen molar-refractivity contribution in [2.24, 2.45) is 0 Å². The van der Waals surface area contributed by atoms with Gasteiger partial charge in [-0.25, -0.2) is 0 Å². The van der Waals surface area contributed by atoms with Crippen LogP contribution >= 0.6 is 0 Å².